The third kappa shape index (κ3) is 5.58. The Bertz CT molecular complexity index is 1220. The molecule has 2 aromatic heterocycles. The number of amides is 2. The fourth-order valence-corrected chi connectivity index (χ4v) is 3.51. The van der Waals surface area contributed by atoms with Crippen LogP contribution in [0.1, 0.15) is 25.8 Å². The van der Waals surface area contributed by atoms with Gasteiger partial charge in [0, 0.05) is 29.8 Å². The van der Waals surface area contributed by atoms with E-state index in [-0.39, 0.29) is 18.4 Å². The highest BCUT2D eigenvalue weighted by atomic mass is 16.5. The molecule has 0 unspecified atom stereocenters. The van der Waals surface area contributed by atoms with E-state index in [4.69, 9.17) is 4.74 Å². The summed E-state index contributed by atoms with van der Waals surface area (Å²) in [6.07, 6.45) is 5.59. The maximum absolute atomic E-state index is 13.0. The van der Waals surface area contributed by atoms with Crippen molar-refractivity contribution in [2.24, 2.45) is 5.92 Å². The highest BCUT2D eigenvalue weighted by Crippen LogP contribution is 2.21. The zero-order valence-corrected chi connectivity index (χ0v) is 19.1. The van der Waals surface area contributed by atoms with Crippen molar-refractivity contribution < 1.29 is 14.3 Å². The van der Waals surface area contributed by atoms with Crippen LogP contribution in [0.25, 0.3) is 17.0 Å². The number of imidazole rings is 1. The van der Waals surface area contributed by atoms with E-state index in [1.54, 1.807) is 6.20 Å². The van der Waals surface area contributed by atoms with Crippen LogP contribution in [-0.2, 0) is 16.1 Å². The number of anilines is 1. The van der Waals surface area contributed by atoms with Gasteiger partial charge in [-0.05, 0) is 29.7 Å². The average Bonchev–Trinajstić information content (AvgIpc) is 3.31. The molecular weight excluding hydrogens is 430 g/mol. The van der Waals surface area contributed by atoms with E-state index in [0.29, 0.717) is 11.5 Å². The molecule has 0 bridgehead atoms. The first-order chi connectivity index (χ1) is 16.5. The molecule has 0 aliphatic rings. The Morgan fingerprint density at radius 3 is 2.53 bits per heavy atom. The number of hydrogen-bond donors (Lipinski definition) is 2. The minimum atomic E-state index is -0.725. The molecule has 8 nitrogen and oxygen atoms in total. The van der Waals surface area contributed by atoms with Crippen LogP contribution in [0.15, 0.2) is 79.3 Å². The van der Waals surface area contributed by atoms with Gasteiger partial charge in [-0.1, -0.05) is 62.7 Å². The van der Waals surface area contributed by atoms with Crippen LogP contribution in [0.3, 0.4) is 0 Å². The van der Waals surface area contributed by atoms with Gasteiger partial charge in [-0.2, -0.15) is 0 Å². The summed E-state index contributed by atoms with van der Waals surface area (Å²) in [6.45, 7) is 4.03. The van der Waals surface area contributed by atoms with E-state index < -0.39 is 12.1 Å². The van der Waals surface area contributed by atoms with Gasteiger partial charge in [-0.15, -0.1) is 0 Å². The maximum atomic E-state index is 13.0. The molecule has 8 heteroatoms. The predicted molar refractivity (Wildman–Crippen MR) is 130 cm³/mol. The molecule has 0 radical (unpaired) electrons. The van der Waals surface area contributed by atoms with Gasteiger partial charge >= 0.3 is 6.09 Å². The number of aromatic nitrogens is 3. The SMILES string of the molecule is CC[C@H](C)[C@H](NC(=O)OCc1ccccc1)C(=O)Nc1ccc(-c2cn3cccnc3n2)cc1. The molecule has 2 amide bonds. The lowest BCUT2D eigenvalue weighted by molar-refractivity contribution is -0.119. The number of carbonyl (C=O) groups is 2. The van der Waals surface area contributed by atoms with Gasteiger partial charge in [-0.3, -0.25) is 9.20 Å². The number of nitrogens with zero attached hydrogens (tertiary/aromatic N) is 3. The second-order valence-electron chi connectivity index (χ2n) is 8.09. The summed E-state index contributed by atoms with van der Waals surface area (Å²) in [6, 6.07) is 17.9. The molecule has 2 aromatic carbocycles. The highest BCUT2D eigenvalue weighted by molar-refractivity contribution is 5.97. The number of rotatable bonds is 8. The van der Waals surface area contributed by atoms with Gasteiger partial charge in [0.05, 0.1) is 5.69 Å². The fourth-order valence-electron chi connectivity index (χ4n) is 3.51. The van der Waals surface area contributed by atoms with E-state index in [1.807, 2.05) is 91.3 Å². The molecule has 2 N–H and O–H groups in total. The molecule has 174 valence electrons. The smallest absolute Gasteiger partial charge is 0.408 e. The van der Waals surface area contributed by atoms with E-state index in [9.17, 15) is 9.59 Å². The number of hydrogen-bond acceptors (Lipinski definition) is 5. The summed E-state index contributed by atoms with van der Waals surface area (Å²) in [4.78, 5) is 34.1. The first-order valence-electron chi connectivity index (χ1n) is 11.2. The normalized spacial score (nSPS) is 12.6. The Hall–Kier alpha value is -4.20. The molecule has 34 heavy (non-hydrogen) atoms. The molecule has 2 heterocycles. The minimum Gasteiger partial charge on any atom is -0.445 e. The lowest BCUT2D eigenvalue weighted by Crippen LogP contribution is -2.47. The molecule has 0 spiro atoms. The highest BCUT2D eigenvalue weighted by Gasteiger charge is 2.26. The van der Waals surface area contributed by atoms with Crippen molar-refractivity contribution >= 4 is 23.5 Å². The van der Waals surface area contributed by atoms with Gasteiger partial charge in [0.1, 0.15) is 12.6 Å². The van der Waals surface area contributed by atoms with Crippen molar-refractivity contribution in [3.8, 4) is 11.3 Å². The average molecular weight is 458 g/mol. The third-order valence-corrected chi connectivity index (χ3v) is 5.67. The van der Waals surface area contributed by atoms with E-state index >= 15 is 0 Å². The predicted octanol–water partition coefficient (Wildman–Crippen LogP) is 4.68. The minimum absolute atomic E-state index is 0.0750. The molecule has 4 rings (SSSR count). The van der Waals surface area contributed by atoms with Crippen molar-refractivity contribution in [2.75, 3.05) is 5.32 Å². The van der Waals surface area contributed by atoms with Crippen molar-refractivity contribution in [2.45, 2.75) is 32.9 Å². The van der Waals surface area contributed by atoms with E-state index in [0.717, 1.165) is 23.2 Å². The van der Waals surface area contributed by atoms with Crippen molar-refractivity contribution in [3.63, 3.8) is 0 Å². The summed E-state index contributed by atoms with van der Waals surface area (Å²) >= 11 is 0. The van der Waals surface area contributed by atoms with E-state index in [2.05, 4.69) is 20.6 Å². The standard InChI is InChI=1S/C26H27N5O3/c1-3-18(2)23(30-26(33)34-17-19-8-5-4-6-9-19)24(32)28-21-12-10-20(11-13-21)22-16-31-15-7-14-27-25(31)29-22/h4-16,18,23H,3,17H2,1-2H3,(H,28,32)(H,30,33)/t18-,23-/m0/s1. The second kappa shape index (κ2) is 10.6. The largest absolute Gasteiger partial charge is 0.445 e. The first-order valence-corrected chi connectivity index (χ1v) is 11.2. The lowest BCUT2D eigenvalue weighted by atomic mass is 9.98. The Labute approximate surface area is 198 Å². The zero-order chi connectivity index (χ0) is 23.9. The summed E-state index contributed by atoms with van der Waals surface area (Å²) in [5.41, 5.74) is 3.20. The molecule has 0 aliphatic heterocycles. The quantitative estimate of drug-likeness (QED) is 0.401. The lowest BCUT2D eigenvalue weighted by Gasteiger charge is -2.23. The molecular formula is C26H27N5O3. The summed E-state index contributed by atoms with van der Waals surface area (Å²) in [7, 11) is 0. The van der Waals surface area contributed by atoms with Gasteiger partial charge in [0.25, 0.3) is 0 Å². The number of carbonyl (C=O) groups excluding carboxylic acids is 2. The van der Waals surface area contributed by atoms with Crippen molar-refractivity contribution in [3.05, 3.63) is 84.8 Å². The summed E-state index contributed by atoms with van der Waals surface area (Å²) in [5.74, 6) is 0.251. The van der Waals surface area contributed by atoms with E-state index in [1.165, 1.54) is 0 Å². The van der Waals surface area contributed by atoms with Crippen LogP contribution in [0, 0.1) is 5.92 Å². The van der Waals surface area contributed by atoms with Gasteiger partial charge < -0.3 is 15.4 Å². The fraction of sp³-hybridized carbons (Fsp3) is 0.231. The second-order valence-corrected chi connectivity index (χ2v) is 8.09. The maximum Gasteiger partial charge on any atom is 0.408 e. The first kappa shape index (κ1) is 23.0. The Kier molecular flexibility index (Phi) is 7.17. The molecule has 0 saturated heterocycles. The van der Waals surface area contributed by atoms with Crippen LogP contribution in [-0.4, -0.2) is 32.4 Å². The zero-order valence-electron chi connectivity index (χ0n) is 19.1. The van der Waals surface area contributed by atoms with Gasteiger partial charge in [0.2, 0.25) is 11.7 Å². The van der Waals surface area contributed by atoms with Crippen LogP contribution < -0.4 is 10.6 Å². The van der Waals surface area contributed by atoms with Crippen LogP contribution in [0.4, 0.5) is 10.5 Å². The van der Waals surface area contributed by atoms with Crippen molar-refractivity contribution in [1.29, 1.82) is 0 Å². The molecule has 2 atom stereocenters. The molecule has 0 saturated carbocycles. The monoisotopic (exact) mass is 457 g/mol. The number of fused-ring (bicyclic) bond motifs is 1. The van der Waals surface area contributed by atoms with Crippen LogP contribution >= 0.6 is 0 Å². The topological polar surface area (TPSA) is 97.6 Å². The third-order valence-electron chi connectivity index (χ3n) is 5.67. The molecule has 4 aromatic rings. The molecule has 0 aliphatic carbocycles. The number of ether oxygens (including phenoxy) is 1. The Morgan fingerprint density at radius 1 is 1.06 bits per heavy atom. The number of alkyl carbamates (subject to hydrolysis) is 1. The summed E-state index contributed by atoms with van der Waals surface area (Å²) < 4.78 is 7.15. The number of nitrogens with one attached hydrogen (secondary N) is 2. The Morgan fingerprint density at radius 2 is 1.82 bits per heavy atom. The van der Waals surface area contributed by atoms with Gasteiger partial charge in [-0.25, -0.2) is 14.8 Å². The summed E-state index contributed by atoms with van der Waals surface area (Å²) in [5, 5.41) is 5.61. The van der Waals surface area contributed by atoms with Gasteiger partial charge in [0.15, 0.2) is 0 Å². The Balaban J connectivity index is 1.39. The van der Waals surface area contributed by atoms with Crippen LogP contribution in [0.2, 0.25) is 0 Å². The molecule has 0 fully saturated rings. The number of benzene rings is 2. The van der Waals surface area contributed by atoms with Crippen LogP contribution in [0.5, 0.6) is 0 Å². The van der Waals surface area contributed by atoms with Crippen molar-refractivity contribution in [1.82, 2.24) is 19.7 Å².